The molecule has 0 unspecified atom stereocenters. The number of likely N-dealkylation sites (tertiary alicyclic amines) is 1. The number of nitrogens with two attached hydrogens (primary N) is 1. The van der Waals surface area contributed by atoms with E-state index in [0.717, 1.165) is 18.4 Å². The fourth-order valence-corrected chi connectivity index (χ4v) is 3.54. The fourth-order valence-electron chi connectivity index (χ4n) is 3.54. The highest BCUT2D eigenvalue weighted by atomic mass is 16.6. The van der Waals surface area contributed by atoms with Gasteiger partial charge in [-0.25, -0.2) is 4.79 Å². The molecule has 1 aliphatic heterocycles. The van der Waals surface area contributed by atoms with Gasteiger partial charge in [0.25, 0.3) is 5.91 Å². The maximum Gasteiger partial charge on any atom is 0.410 e. The van der Waals surface area contributed by atoms with E-state index in [9.17, 15) is 9.59 Å². The predicted octanol–water partition coefficient (Wildman–Crippen LogP) is 4.22. The van der Waals surface area contributed by atoms with Gasteiger partial charge >= 0.3 is 6.09 Å². The van der Waals surface area contributed by atoms with Crippen molar-refractivity contribution >= 4 is 17.7 Å². The molecule has 0 aromatic heterocycles. The molecule has 1 heterocycles. The Hall–Kier alpha value is -3.22. The number of hydrogen-bond acceptors (Lipinski definition) is 5. The first kappa shape index (κ1) is 23.4. The lowest BCUT2D eigenvalue weighted by atomic mass is 9.97. The van der Waals surface area contributed by atoms with E-state index < -0.39 is 5.60 Å². The zero-order valence-corrected chi connectivity index (χ0v) is 19.1. The number of hydrogen-bond donors (Lipinski definition) is 2. The Morgan fingerprint density at radius 1 is 1.09 bits per heavy atom. The Kier molecular flexibility index (Phi) is 7.62. The third kappa shape index (κ3) is 6.90. The molecule has 172 valence electrons. The zero-order valence-electron chi connectivity index (χ0n) is 19.1. The summed E-state index contributed by atoms with van der Waals surface area (Å²) in [6.45, 7) is 7.84. The monoisotopic (exact) mass is 439 g/mol. The summed E-state index contributed by atoms with van der Waals surface area (Å²) in [5.74, 6) is 0.712. The van der Waals surface area contributed by atoms with Crippen LogP contribution in [0, 0.1) is 5.92 Å². The van der Waals surface area contributed by atoms with Gasteiger partial charge in [-0.1, -0.05) is 30.3 Å². The maximum atomic E-state index is 12.6. The standard InChI is InChI=1S/C25H33N3O4/c1-25(2,3)32-24(30)28-13-11-18(12-14-28)16-27-23(29)20-9-10-22(21(26)15-20)31-17-19-7-5-4-6-8-19/h4-10,15,18H,11-14,16-17,26H2,1-3H3,(H,27,29). The molecule has 2 aromatic rings. The van der Waals surface area contributed by atoms with Crippen LogP contribution in [-0.2, 0) is 11.3 Å². The van der Waals surface area contributed by atoms with E-state index in [-0.39, 0.29) is 12.0 Å². The molecule has 3 N–H and O–H groups in total. The second-order valence-corrected chi connectivity index (χ2v) is 9.15. The van der Waals surface area contributed by atoms with Crippen molar-refractivity contribution in [2.24, 2.45) is 5.92 Å². The highest BCUT2D eigenvalue weighted by Crippen LogP contribution is 2.24. The number of amides is 2. The van der Waals surface area contributed by atoms with Crippen molar-refractivity contribution in [2.45, 2.75) is 45.8 Å². The van der Waals surface area contributed by atoms with Gasteiger partial charge in [-0.05, 0) is 63.3 Å². The lowest BCUT2D eigenvalue weighted by Gasteiger charge is -2.33. The van der Waals surface area contributed by atoms with Gasteiger partial charge in [0, 0.05) is 25.2 Å². The minimum absolute atomic E-state index is 0.166. The van der Waals surface area contributed by atoms with Crippen molar-refractivity contribution in [2.75, 3.05) is 25.4 Å². The van der Waals surface area contributed by atoms with Crippen molar-refractivity contribution in [3.63, 3.8) is 0 Å². The van der Waals surface area contributed by atoms with Crippen LogP contribution in [0.5, 0.6) is 5.75 Å². The van der Waals surface area contributed by atoms with Crippen LogP contribution < -0.4 is 15.8 Å². The third-order valence-corrected chi connectivity index (χ3v) is 5.33. The summed E-state index contributed by atoms with van der Waals surface area (Å²) >= 11 is 0. The molecule has 0 saturated carbocycles. The third-order valence-electron chi connectivity index (χ3n) is 5.33. The number of benzene rings is 2. The number of nitrogen functional groups attached to an aromatic ring is 1. The number of nitrogens with zero attached hydrogens (tertiary/aromatic N) is 1. The summed E-state index contributed by atoms with van der Waals surface area (Å²) in [6.07, 6.45) is 1.38. The predicted molar refractivity (Wildman–Crippen MR) is 124 cm³/mol. The second-order valence-electron chi connectivity index (χ2n) is 9.15. The molecular formula is C25H33N3O4. The molecule has 1 fully saturated rings. The Bertz CT molecular complexity index is 917. The van der Waals surface area contributed by atoms with Crippen LogP contribution in [0.4, 0.5) is 10.5 Å². The van der Waals surface area contributed by atoms with E-state index in [2.05, 4.69) is 5.32 Å². The molecule has 1 saturated heterocycles. The number of carbonyl (C=O) groups is 2. The highest BCUT2D eigenvalue weighted by molar-refractivity contribution is 5.95. The van der Waals surface area contributed by atoms with Gasteiger partial charge in [0.15, 0.2) is 0 Å². The number of anilines is 1. The fraction of sp³-hybridized carbons (Fsp3) is 0.440. The van der Waals surface area contributed by atoms with Crippen LogP contribution in [0.2, 0.25) is 0 Å². The van der Waals surface area contributed by atoms with Crippen LogP contribution in [0.25, 0.3) is 0 Å². The van der Waals surface area contributed by atoms with Gasteiger partial charge in [0.2, 0.25) is 0 Å². The molecular weight excluding hydrogens is 406 g/mol. The first-order chi connectivity index (χ1) is 15.2. The summed E-state index contributed by atoms with van der Waals surface area (Å²) < 4.78 is 11.2. The minimum Gasteiger partial charge on any atom is -0.487 e. The Balaban J connectivity index is 1.44. The van der Waals surface area contributed by atoms with Crippen molar-refractivity contribution in [1.29, 1.82) is 0 Å². The minimum atomic E-state index is -0.494. The smallest absolute Gasteiger partial charge is 0.410 e. The van der Waals surface area contributed by atoms with Crippen molar-refractivity contribution in [1.82, 2.24) is 10.2 Å². The van der Waals surface area contributed by atoms with Gasteiger partial charge < -0.3 is 25.4 Å². The zero-order chi connectivity index (χ0) is 23.1. The SMILES string of the molecule is CC(C)(C)OC(=O)N1CCC(CNC(=O)c2ccc(OCc3ccccc3)c(N)c2)CC1. The topological polar surface area (TPSA) is 93.9 Å². The second kappa shape index (κ2) is 10.4. The lowest BCUT2D eigenvalue weighted by Crippen LogP contribution is -2.43. The average molecular weight is 440 g/mol. The number of nitrogens with one attached hydrogen (secondary N) is 1. The highest BCUT2D eigenvalue weighted by Gasteiger charge is 2.27. The number of piperidine rings is 1. The summed E-state index contributed by atoms with van der Waals surface area (Å²) in [5.41, 5.74) is 7.58. The maximum absolute atomic E-state index is 12.6. The van der Waals surface area contributed by atoms with Crippen molar-refractivity contribution in [3.8, 4) is 5.75 Å². The molecule has 0 aliphatic carbocycles. The summed E-state index contributed by atoms with van der Waals surface area (Å²) in [6, 6.07) is 14.9. The average Bonchev–Trinajstić information content (AvgIpc) is 2.76. The van der Waals surface area contributed by atoms with E-state index >= 15 is 0 Å². The Morgan fingerprint density at radius 2 is 1.78 bits per heavy atom. The summed E-state index contributed by atoms with van der Waals surface area (Å²) in [5, 5.41) is 2.99. The molecule has 0 bridgehead atoms. The van der Waals surface area contributed by atoms with Crippen LogP contribution in [0.3, 0.4) is 0 Å². The van der Waals surface area contributed by atoms with Gasteiger partial charge in [0.05, 0.1) is 5.69 Å². The van der Waals surface area contributed by atoms with Crippen LogP contribution in [-0.4, -0.2) is 42.1 Å². The van der Waals surface area contributed by atoms with Gasteiger partial charge in [-0.15, -0.1) is 0 Å². The Labute approximate surface area is 189 Å². The lowest BCUT2D eigenvalue weighted by molar-refractivity contribution is 0.0183. The summed E-state index contributed by atoms with van der Waals surface area (Å²) in [7, 11) is 0. The van der Waals surface area contributed by atoms with Crippen LogP contribution in [0.15, 0.2) is 48.5 Å². The molecule has 0 atom stereocenters. The molecule has 7 heteroatoms. The molecule has 1 aliphatic rings. The Morgan fingerprint density at radius 3 is 2.41 bits per heavy atom. The first-order valence-electron chi connectivity index (χ1n) is 11.0. The molecule has 0 spiro atoms. The van der Waals surface area contributed by atoms with E-state index in [1.54, 1.807) is 23.1 Å². The quantitative estimate of drug-likeness (QED) is 0.657. The van der Waals surface area contributed by atoms with E-state index in [0.29, 0.717) is 49.2 Å². The van der Waals surface area contributed by atoms with Crippen molar-refractivity contribution < 1.29 is 19.1 Å². The molecule has 2 amide bonds. The number of ether oxygens (including phenoxy) is 2. The number of rotatable bonds is 6. The first-order valence-corrected chi connectivity index (χ1v) is 11.0. The molecule has 3 rings (SSSR count). The number of carbonyl (C=O) groups excluding carboxylic acids is 2. The van der Waals surface area contributed by atoms with E-state index in [1.807, 2.05) is 51.1 Å². The van der Waals surface area contributed by atoms with E-state index in [4.69, 9.17) is 15.2 Å². The molecule has 7 nitrogen and oxygen atoms in total. The van der Waals surface area contributed by atoms with Crippen LogP contribution in [0.1, 0.15) is 49.5 Å². The molecule has 0 radical (unpaired) electrons. The summed E-state index contributed by atoms with van der Waals surface area (Å²) in [4.78, 5) is 26.5. The largest absolute Gasteiger partial charge is 0.487 e. The molecule has 32 heavy (non-hydrogen) atoms. The van der Waals surface area contributed by atoms with Gasteiger partial charge in [-0.2, -0.15) is 0 Å². The van der Waals surface area contributed by atoms with E-state index in [1.165, 1.54) is 0 Å². The van der Waals surface area contributed by atoms with Gasteiger partial charge in [-0.3, -0.25) is 4.79 Å². The van der Waals surface area contributed by atoms with Crippen molar-refractivity contribution in [3.05, 3.63) is 59.7 Å². The normalized spacial score (nSPS) is 14.7. The molecule has 2 aromatic carbocycles. The van der Waals surface area contributed by atoms with Crippen LogP contribution >= 0.6 is 0 Å². The van der Waals surface area contributed by atoms with Gasteiger partial charge in [0.1, 0.15) is 18.0 Å².